The number of halogens is 1. The molecule has 0 aliphatic heterocycles. The lowest BCUT2D eigenvalue weighted by atomic mass is 10.0. The molecular weight excluding hydrogens is 527 g/mol. The van der Waals surface area contributed by atoms with Crippen molar-refractivity contribution in [2.45, 2.75) is 24.8 Å². The van der Waals surface area contributed by atoms with E-state index in [0.29, 0.717) is 46.3 Å². The first-order chi connectivity index (χ1) is 18.3. The summed E-state index contributed by atoms with van der Waals surface area (Å²) in [6, 6.07) is 13.1. The summed E-state index contributed by atoms with van der Waals surface area (Å²) in [4.78, 5) is 14.4. The monoisotopic (exact) mass is 552 g/mol. The van der Waals surface area contributed by atoms with Crippen LogP contribution < -0.4 is 14.2 Å². The van der Waals surface area contributed by atoms with Gasteiger partial charge < -0.3 is 14.6 Å². The van der Waals surface area contributed by atoms with Gasteiger partial charge in [-0.25, -0.2) is 28.3 Å². The molecule has 0 saturated heterocycles. The van der Waals surface area contributed by atoms with Crippen LogP contribution in [-0.4, -0.2) is 44.5 Å². The lowest BCUT2D eigenvalue weighted by Crippen LogP contribution is -2.23. The van der Waals surface area contributed by atoms with E-state index in [1.54, 1.807) is 19.2 Å². The molecule has 2 heterocycles. The molecule has 0 radical (unpaired) electrons. The van der Waals surface area contributed by atoms with Gasteiger partial charge in [0.1, 0.15) is 34.2 Å². The van der Waals surface area contributed by atoms with Gasteiger partial charge in [-0.15, -0.1) is 11.3 Å². The number of aryl methyl sites for hydroxylation is 1. The Labute approximate surface area is 225 Å². The summed E-state index contributed by atoms with van der Waals surface area (Å²) < 4.78 is 40.3. The quantitative estimate of drug-likeness (QED) is 0.245. The molecule has 2 aromatic heterocycles. The molecule has 5 rings (SSSR count). The predicted molar refractivity (Wildman–Crippen MR) is 146 cm³/mol. The third-order valence-corrected chi connectivity index (χ3v) is 8.06. The van der Waals surface area contributed by atoms with Gasteiger partial charge in [0.05, 0.1) is 45.6 Å². The van der Waals surface area contributed by atoms with Gasteiger partial charge in [0, 0.05) is 12.1 Å². The molecule has 2 unspecified atom stereocenters. The number of aliphatic hydroxyl groups is 1. The molecule has 0 aliphatic carbocycles. The van der Waals surface area contributed by atoms with E-state index in [1.165, 1.54) is 42.7 Å². The molecule has 0 amide bonds. The van der Waals surface area contributed by atoms with E-state index in [1.807, 2.05) is 25.1 Å². The van der Waals surface area contributed by atoms with Crippen LogP contribution in [0.5, 0.6) is 11.6 Å². The van der Waals surface area contributed by atoms with Crippen molar-refractivity contribution >= 4 is 43.6 Å². The van der Waals surface area contributed by atoms with Crippen molar-refractivity contribution in [3.63, 3.8) is 0 Å². The Morgan fingerprint density at radius 1 is 1.13 bits per heavy atom. The lowest BCUT2D eigenvalue weighted by molar-refractivity contribution is 0.199. The average Bonchev–Trinajstić information content (AvgIpc) is 3.35. The van der Waals surface area contributed by atoms with Crippen LogP contribution in [0.3, 0.4) is 0 Å². The van der Waals surface area contributed by atoms with E-state index < -0.39 is 17.1 Å². The number of nitrogens with zero attached hydrogens (tertiary/aromatic N) is 3. The highest BCUT2D eigenvalue weighted by Crippen LogP contribution is 2.38. The zero-order valence-corrected chi connectivity index (χ0v) is 22.5. The fourth-order valence-electron chi connectivity index (χ4n) is 3.94. The predicted octanol–water partition coefficient (Wildman–Crippen LogP) is 5.11. The molecule has 196 valence electrons. The number of hydrogen-bond donors (Lipinski definition) is 2. The van der Waals surface area contributed by atoms with Crippen molar-refractivity contribution in [2.75, 3.05) is 20.3 Å². The van der Waals surface area contributed by atoms with Crippen molar-refractivity contribution in [1.29, 1.82) is 0 Å². The minimum Gasteiger partial charge on any atom is -0.492 e. The minimum absolute atomic E-state index is 0.294. The number of aliphatic hydroxyl groups excluding tert-OH is 1. The zero-order valence-electron chi connectivity index (χ0n) is 20.9. The first-order valence-electron chi connectivity index (χ1n) is 11.8. The van der Waals surface area contributed by atoms with Crippen LogP contribution in [0.2, 0.25) is 0 Å². The molecule has 0 bridgehead atoms. The summed E-state index contributed by atoms with van der Waals surface area (Å²) in [5.41, 5.74) is 4.58. The van der Waals surface area contributed by atoms with Gasteiger partial charge in [-0.3, -0.25) is 0 Å². The Morgan fingerprint density at radius 3 is 2.66 bits per heavy atom. The van der Waals surface area contributed by atoms with Gasteiger partial charge >= 0.3 is 0 Å². The summed E-state index contributed by atoms with van der Waals surface area (Å²) in [6.07, 6.45) is 0.878. The summed E-state index contributed by atoms with van der Waals surface area (Å²) in [7, 11) is 0.0792. The van der Waals surface area contributed by atoms with E-state index in [4.69, 9.17) is 14.5 Å². The van der Waals surface area contributed by atoms with E-state index in [9.17, 15) is 13.7 Å². The number of methoxy groups -OCH3 is 1. The first-order valence-corrected chi connectivity index (χ1v) is 13.8. The maximum Gasteiger partial charge on any atom is 0.232 e. The second kappa shape index (κ2) is 11.1. The highest BCUT2D eigenvalue weighted by Gasteiger charge is 2.17. The molecule has 2 N–H and O–H groups in total. The fraction of sp³-hybridized carbons (Fsp3) is 0.222. The van der Waals surface area contributed by atoms with Crippen LogP contribution in [0.4, 0.5) is 4.39 Å². The smallest absolute Gasteiger partial charge is 0.232 e. The molecule has 8 nitrogen and oxygen atoms in total. The van der Waals surface area contributed by atoms with Gasteiger partial charge in [0.15, 0.2) is 0 Å². The van der Waals surface area contributed by atoms with Crippen molar-refractivity contribution in [3.8, 4) is 22.2 Å². The van der Waals surface area contributed by atoms with Crippen LogP contribution in [0.1, 0.15) is 24.2 Å². The second-order valence-corrected chi connectivity index (χ2v) is 10.9. The van der Waals surface area contributed by atoms with Crippen molar-refractivity contribution in [2.24, 2.45) is 0 Å². The number of ether oxygens (including phenoxy) is 2. The molecule has 0 spiro atoms. The highest BCUT2D eigenvalue weighted by molar-refractivity contribution is 7.83. The third-order valence-electron chi connectivity index (χ3n) is 5.86. The SMILES string of the molecule is COc1cnc2c(-c3nc4c(C)cc(OCCNS(=O)c5ccc(F)cc5)cc4s3)cc(C(C)O)cc2n1. The van der Waals surface area contributed by atoms with Crippen LogP contribution in [0.25, 0.3) is 31.8 Å². The highest BCUT2D eigenvalue weighted by atomic mass is 32.2. The van der Waals surface area contributed by atoms with E-state index >= 15 is 0 Å². The number of hydrogen-bond acceptors (Lipinski definition) is 8. The molecule has 0 saturated carbocycles. The van der Waals surface area contributed by atoms with Crippen LogP contribution in [0, 0.1) is 12.7 Å². The Bertz CT molecular complexity index is 1640. The van der Waals surface area contributed by atoms with Crippen LogP contribution in [0.15, 0.2) is 59.6 Å². The molecule has 11 heteroatoms. The van der Waals surface area contributed by atoms with Crippen molar-refractivity contribution < 1.29 is 23.2 Å². The third kappa shape index (κ3) is 5.51. The Balaban J connectivity index is 1.37. The van der Waals surface area contributed by atoms with Crippen molar-refractivity contribution in [1.82, 2.24) is 19.7 Å². The second-order valence-electron chi connectivity index (χ2n) is 8.60. The van der Waals surface area contributed by atoms with Crippen LogP contribution in [-0.2, 0) is 11.0 Å². The fourth-order valence-corrected chi connectivity index (χ4v) is 5.85. The summed E-state index contributed by atoms with van der Waals surface area (Å²) in [5, 5.41) is 11.0. The summed E-state index contributed by atoms with van der Waals surface area (Å²) >= 11 is 1.50. The standard InChI is InChI=1S/C27H25FN4O4S2/c1-15-10-19(36-9-8-30-38(34)20-6-4-18(28)5-7-20)13-23-25(15)32-27(37-23)21-11-17(16(2)33)12-22-26(21)29-14-24(31-22)35-3/h4-7,10-14,16,30,33H,8-9H2,1-3H3. The number of thiazole rings is 1. The van der Waals surface area contributed by atoms with E-state index in [0.717, 1.165) is 26.4 Å². The molecule has 0 fully saturated rings. The van der Waals surface area contributed by atoms with E-state index in [-0.39, 0.29) is 5.82 Å². The van der Waals surface area contributed by atoms with Gasteiger partial charge in [-0.1, -0.05) is 0 Å². The zero-order chi connectivity index (χ0) is 26.8. The number of aromatic nitrogens is 3. The average molecular weight is 553 g/mol. The molecule has 38 heavy (non-hydrogen) atoms. The lowest BCUT2D eigenvalue weighted by Gasteiger charge is -2.10. The summed E-state index contributed by atoms with van der Waals surface area (Å²) in [5.74, 6) is 0.693. The molecule has 5 aromatic rings. The van der Waals surface area contributed by atoms with Gasteiger partial charge in [0.25, 0.3) is 0 Å². The molecule has 0 aliphatic rings. The van der Waals surface area contributed by atoms with Crippen molar-refractivity contribution in [3.05, 3.63) is 71.7 Å². The van der Waals surface area contributed by atoms with Crippen LogP contribution >= 0.6 is 11.3 Å². The molecular formula is C27H25FN4O4S2. The topological polar surface area (TPSA) is 106 Å². The largest absolute Gasteiger partial charge is 0.492 e. The normalized spacial score (nSPS) is 13.1. The number of rotatable bonds is 9. The van der Waals surface area contributed by atoms with E-state index in [2.05, 4.69) is 14.7 Å². The minimum atomic E-state index is -1.45. The summed E-state index contributed by atoms with van der Waals surface area (Å²) in [6.45, 7) is 4.31. The number of benzene rings is 3. The van der Waals surface area contributed by atoms with Gasteiger partial charge in [-0.05, 0) is 73.5 Å². The van der Waals surface area contributed by atoms with Gasteiger partial charge in [0.2, 0.25) is 5.88 Å². The Kier molecular flexibility index (Phi) is 7.61. The molecule has 3 aromatic carbocycles. The van der Waals surface area contributed by atoms with Gasteiger partial charge in [-0.2, -0.15) is 0 Å². The Hall–Kier alpha value is -3.51. The molecule has 2 atom stereocenters. The first kappa shape index (κ1) is 26.1. The maximum atomic E-state index is 13.1. The number of fused-ring (bicyclic) bond motifs is 2. The maximum absolute atomic E-state index is 13.1. The Morgan fingerprint density at radius 2 is 1.92 bits per heavy atom. The number of nitrogens with one attached hydrogen (secondary N) is 1.